The minimum atomic E-state index is -0.626. The third-order valence-electron chi connectivity index (χ3n) is 6.32. The number of fused-ring (bicyclic) bond motifs is 1. The van der Waals surface area contributed by atoms with E-state index in [1.807, 2.05) is 26.8 Å². The molecular weight excluding hydrogens is 444 g/mol. The third-order valence-corrected chi connectivity index (χ3v) is 6.32. The number of hydrogen-bond acceptors (Lipinski definition) is 6. The van der Waals surface area contributed by atoms with Crippen molar-refractivity contribution in [2.45, 2.75) is 51.4 Å². The molecule has 8 heteroatoms. The first-order chi connectivity index (χ1) is 16.6. The Hall–Kier alpha value is -3.88. The van der Waals surface area contributed by atoms with Crippen LogP contribution in [0, 0.1) is 22.7 Å². The summed E-state index contributed by atoms with van der Waals surface area (Å²) >= 11 is 0. The van der Waals surface area contributed by atoms with Crippen molar-refractivity contribution in [1.82, 2.24) is 9.80 Å². The van der Waals surface area contributed by atoms with Crippen molar-refractivity contribution in [3.05, 3.63) is 58.7 Å². The zero-order valence-electron chi connectivity index (χ0n) is 20.4. The summed E-state index contributed by atoms with van der Waals surface area (Å²) in [5.41, 5.74) is 2.97. The number of rotatable bonds is 4. The number of carbonyl (C=O) groups excluding carboxylic acids is 2. The van der Waals surface area contributed by atoms with E-state index in [-0.39, 0.29) is 18.0 Å². The Bertz CT molecular complexity index is 1250. The first-order valence-electron chi connectivity index (χ1n) is 11.5. The van der Waals surface area contributed by atoms with Crippen molar-refractivity contribution < 1.29 is 19.1 Å². The molecule has 1 fully saturated rings. The van der Waals surface area contributed by atoms with Gasteiger partial charge in [-0.1, -0.05) is 12.1 Å². The quantitative estimate of drug-likeness (QED) is 0.664. The van der Waals surface area contributed by atoms with E-state index < -0.39 is 11.7 Å². The largest absolute Gasteiger partial charge is 0.444 e. The van der Waals surface area contributed by atoms with Gasteiger partial charge in [0.1, 0.15) is 5.60 Å². The van der Waals surface area contributed by atoms with Gasteiger partial charge < -0.3 is 19.3 Å². The highest BCUT2D eigenvalue weighted by Crippen LogP contribution is 2.35. The number of hydrogen-bond donors (Lipinski definition) is 0. The van der Waals surface area contributed by atoms with Gasteiger partial charge in [0.25, 0.3) is 5.91 Å². The van der Waals surface area contributed by atoms with Gasteiger partial charge in [-0.15, -0.1) is 0 Å². The fraction of sp³-hybridized carbons (Fsp3) is 0.407. The molecule has 0 spiro atoms. The summed E-state index contributed by atoms with van der Waals surface area (Å²) in [4.78, 5) is 29.7. The molecule has 2 aromatic carbocycles. The van der Waals surface area contributed by atoms with E-state index in [1.165, 1.54) is 0 Å². The van der Waals surface area contributed by atoms with E-state index in [0.717, 1.165) is 5.56 Å². The van der Waals surface area contributed by atoms with Crippen LogP contribution < -0.4 is 0 Å². The lowest BCUT2D eigenvalue weighted by Gasteiger charge is -2.28. The van der Waals surface area contributed by atoms with E-state index >= 15 is 0 Å². The Labute approximate surface area is 205 Å². The van der Waals surface area contributed by atoms with Crippen molar-refractivity contribution in [3.63, 3.8) is 0 Å². The first kappa shape index (κ1) is 24.3. The summed E-state index contributed by atoms with van der Waals surface area (Å²) < 4.78 is 10.9. The lowest BCUT2D eigenvalue weighted by atomic mass is 9.94. The molecule has 2 heterocycles. The smallest absolute Gasteiger partial charge is 0.410 e. The number of benzene rings is 2. The monoisotopic (exact) mass is 472 g/mol. The van der Waals surface area contributed by atoms with Crippen molar-refractivity contribution in [3.8, 4) is 23.3 Å². The molecule has 35 heavy (non-hydrogen) atoms. The molecule has 4 rings (SSSR count). The highest BCUT2D eigenvalue weighted by Gasteiger charge is 2.43. The van der Waals surface area contributed by atoms with Crippen LogP contribution in [0.5, 0.6) is 0 Å². The van der Waals surface area contributed by atoms with E-state index in [1.54, 1.807) is 47.2 Å². The normalized spacial score (nSPS) is 19.3. The Balaban J connectivity index is 1.61. The summed E-state index contributed by atoms with van der Waals surface area (Å²) in [6.45, 7) is 6.53. The maximum absolute atomic E-state index is 13.5. The van der Waals surface area contributed by atoms with Gasteiger partial charge in [0.05, 0.1) is 42.0 Å². The average Bonchev–Trinajstić information content (AvgIpc) is 3.38. The second kappa shape index (κ2) is 9.40. The summed E-state index contributed by atoms with van der Waals surface area (Å²) in [7, 11) is 1.59. The van der Waals surface area contributed by atoms with E-state index in [4.69, 9.17) is 9.47 Å². The minimum Gasteiger partial charge on any atom is -0.444 e. The Morgan fingerprint density at radius 3 is 2.57 bits per heavy atom. The fourth-order valence-electron chi connectivity index (χ4n) is 4.78. The highest BCUT2D eigenvalue weighted by atomic mass is 16.6. The molecule has 0 unspecified atom stereocenters. The van der Waals surface area contributed by atoms with Crippen molar-refractivity contribution >= 4 is 12.0 Å². The SMILES string of the molecule is COC[C@@H]1C[C@@H](N2Cc3cc(C#N)c(-c4cccc(C#N)c4)cc3C2=O)CN1C(=O)OC(C)(C)C. The Morgan fingerprint density at radius 1 is 1.14 bits per heavy atom. The van der Waals surface area contributed by atoms with Crippen LogP contribution in [0.15, 0.2) is 36.4 Å². The van der Waals surface area contributed by atoms with E-state index in [9.17, 15) is 20.1 Å². The molecule has 8 nitrogen and oxygen atoms in total. The van der Waals surface area contributed by atoms with Gasteiger partial charge in [0.2, 0.25) is 0 Å². The van der Waals surface area contributed by atoms with Crippen LogP contribution in [-0.2, 0) is 16.0 Å². The van der Waals surface area contributed by atoms with Crippen LogP contribution in [0.2, 0.25) is 0 Å². The Morgan fingerprint density at radius 2 is 1.91 bits per heavy atom. The highest BCUT2D eigenvalue weighted by molar-refractivity contribution is 6.00. The van der Waals surface area contributed by atoms with Crippen molar-refractivity contribution in [2.24, 2.45) is 0 Å². The second-order valence-corrected chi connectivity index (χ2v) is 9.92. The number of methoxy groups -OCH3 is 1. The van der Waals surface area contributed by atoms with Gasteiger partial charge in [-0.3, -0.25) is 4.79 Å². The zero-order valence-corrected chi connectivity index (χ0v) is 20.4. The summed E-state index contributed by atoms with van der Waals surface area (Å²) in [5.74, 6) is -0.130. The third kappa shape index (κ3) is 4.84. The molecule has 0 aliphatic carbocycles. The maximum Gasteiger partial charge on any atom is 0.410 e. The van der Waals surface area contributed by atoms with Crippen LogP contribution in [-0.4, -0.2) is 59.7 Å². The van der Waals surface area contributed by atoms with Crippen LogP contribution in [0.25, 0.3) is 11.1 Å². The lowest BCUT2D eigenvalue weighted by molar-refractivity contribution is 0.0140. The van der Waals surface area contributed by atoms with Gasteiger partial charge in [-0.05, 0) is 62.6 Å². The van der Waals surface area contributed by atoms with Gasteiger partial charge in [-0.25, -0.2) is 4.79 Å². The number of likely N-dealkylation sites (tertiary alicyclic amines) is 1. The van der Waals surface area contributed by atoms with Crippen LogP contribution in [0.4, 0.5) is 4.79 Å². The van der Waals surface area contributed by atoms with Gasteiger partial charge in [-0.2, -0.15) is 10.5 Å². The number of nitrogens with zero attached hydrogens (tertiary/aromatic N) is 4. The van der Waals surface area contributed by atoms with Crippen LogP contribution >= 0.6 is 0 Å². The number of ether oxygens (including phenoxy) is 2. The molecule has 1 saturated heterocycles. The van der Waals surface area contributed by atoms with Crippen molar-refractivity contribution in [1.29, 1.82) is 10.5 Å². The first-order valence-corrected chi connectivity index (χ1v) is 11.5. The number of nitriles is 2. The molecule has 2 aromatic rings. The fourth-order valence-corrected chi connectivity index (χ4v) is 4.78. The van der Waals surface area contributed by atoms with Gasteiger partial charge in [0, 0.05) is 31.3 Å². The molecule has 2 aliphatic rings. The average molecular weight is 473 g/mol. The molecule has 0 N–H and O–H groups in total. The standard InChI is InChI=1S/C27H28N4O4/c1-27(2,3)35-26(33)31-15-21(10-22(31)16-34-4)30-14-20-9-19(13-29)23(11-24(20)25(30)32)18-7-5-6-17(8-18)12-28/h5-9,11,21-22H,10,14-16H2,1-4H3/t21-,22+/m1/s1. The topological polar surface area (TPSA) is 107 Å². The maximum atomic E-state index is 13.5. The lowest BCUT2D eigenvalue weighted by Crippen LogP contribution is -2.43. The summed E-state index contributed by atoms with van der Waals surface area (Å²) in [6.07, 6.45) is 0.160. The predicted octanol–water partition coefficient (Wildman–Crippen LogP) is 4.08. The Kier molecular flexibility index (Phi) is 6.51. The van der Waals surface area contributed by atoms with Crippen LogP contribution in [0.1, 0.15) is 54.2 Å². The molecule has 180 valence electrons. The molecule has 0 radical (unpaired) electrons. The number of amides is 2. The molecule has 0 saturated carbocycles. The predicted molar refractivity (Wildman–Crippen MR) is 128 cm³/mol. The number of carbonyl (C=O) groups is 2. The summed E-state index contributed by atoms with van der Waals surface area (Å²) in [5, 5.41) is 19.0. The van der Waals surface area contributed by atoms with E-state index in [0.29, 0.717) is 53.9 Å². The molecule has 0 bridgehead atoms. The molecule has 0 aromatic heterocycles. The molecule has 2 amide bonds. The van der Waals surface area contributed by atoms with E-state index in [2.05, 4.69) is 12.1 Å². The van der Waals surface area contributed by atoms with Crippen molar-refractivity contribution in [2.75, 3.05) is 20.3 Å². The molecule has 2 aliphatic heterocycles. The molecule has 2 atom stereocenters. The minimum absolute atomic E-state index is 0.130. The van der Waals surface area contributed by atoms with Gasteiger partial charge >= 0.3 is 6.09 Å². The van der Waals surface area contributed by atoms with Gasteiger partial charge in [0.15, 0.2) is 0 Å². The zero-order chi connectivity index (χ0) is 25.3. The van der Waals surface area contributed by atoms with Crippen LogP contribution in [0.3, 0.4) is 0 Å². The summed E-state index contributed by atoms with van der Waals surface area (Å²) in [6, 6.07) is 14.4. The molecular formula is C27H28N4O4. The second-order valence-electron chi connectivity index (χ2n) is 9.92.